The van der Waals surface area contributed by atoms with Crippen molar-refractivity contribution in [3.63, 3.8) is 0 Å². The topological polar surface area (TPSA) is 136 Å². The minimum Gasteiger partial charge on any atom is -0.486 e. The molecule has 0 unspecified atom stereocenters. The summed E-state index contributed by atoms with van der Waals surface area (Å²) in [6.45, 7) is 3.99. The Kier molecular flexibility index (Phi) is 5.95. The summed E-state index contributed by atoms with van der Waals surface area (Å²) in [4.78, 5) is 19.3. The molecule has 11 nitrogen and oxygen atoms in total. The molecular formula is C20H20FN7O4. The van der Waals surface area contributed by atoms with E-state index in [0.717, 1.165) is 0 Å². The number of esters is 1. The van der Waals surface area contributed by atoms with Crippen LogP contribution in [0.15, 0.2) is 35.7 Å². The number of anilines is 1. The van der Waals surface area contributed by atoms with E-state index >= 15 is 0 Å². The second kappa shape index (κ2) is 8.98. The third-order valence-electron chi connectivity index (χ3n) is 4.80. The second-order valence-electron chi connectivity index (χ2n) is 7.01. The fraction of sp³-hybridized carbons (Fsp3) is 0.350. The monoisotopic (exact) mass is 441 g/mol. The van der Waals surface area contributed by atoms with Crippen LogP contribution >= 0.6 is 0 Å². The highest BCUT2D eigenvalue weighted by Gasteiger charge is 2.27. The highest BCUT2D eigenvalue weighted by Crippen LogP contribution is 2.40. The Bertz CT molecular complexity index is 1210. The van der Waals surface area contributed by atoms with E-state index in [2.05, 4.69) is 25.4 Å². The molecule has 2 atom stereocenters. The van der Waals surface area contributed by atoms with Crippen molar-refractivity contribution in [3.8, 4) is 11.5 Å². The van der Waals surface area contributed by atoms with Gasteiger partial charge in [-0.2, -0.15) is 5.10 Å². The first kappa shape index (κ1) is 21.2. The van der Waals surface area contributed by atoms with Crippen LogP contribution in [0, 0.1) is 5.82 Å². The molecule has 12 heteroatoms. The largest absolute Gasteiger partial charge is 0.486 e. The van der Waals surface area contributed by atoms with Crippen LogP contribution in [0.5, 0.6) is 11.5 Å². The number of benzene rings is 1. The molecule has 0 aliphatic carbocycles. The second-order valence-corrected chi connectivity index (χ2v) is 7.01. The predicted molar refractivity (Wildman–Crippen MR) is 111 cm³/mol. The van der Waals surface area contributed by atoms with Crippen LogP contribution in [-0.4, -0.2) is 46.4 Å². The molecule has 166 valence electrons. The van der Waals surface area contributed by atoms with Crippen LogP contribution in [0.4, 0.5) is 10.2 Å². The minimum atomic E-state index is -0.518. The van der Waals surface area contributed by atoms with E-state index in [0.29, 0.717) is 22.8 Å². The molecule has 0 spiro atoms. The minimum absolute atomic E-state index is 0.0879. The number of aromatic nitrogens is 3. The SMILES string of the molecule is CCOC(=O)c1cnn2ccc(N[C@H](C)c3cc(F)cc4c3O[C@H](CN=[N+]=[N-])CO4)nc12. The summed E-state index contributed by atoms with van der Waals surface area (Å²) in [5.74, 6) is 0.0869. The van der Waals surface area contributed by atoms with Crippen molar-refractivity contribution in [3.05, 3.63) is 58.0 Å². The first-order chi connectivity index (χ1) is 15.5. The van der Waals surface area contributed by atoms with Gasteiger partial charge in [-0.05, 0) is 31.5 Å². The van der Waals surface area contributed by atoms with E-state index in [9.17, 15) is 9.18 Å². The first-order valence-electron chi connectivity index (χ1n) is 9.92. The molecule has 1 aliphatic rings. The quantitative estimate of drug-likeness (QED) is 0.256. The Morgan fingerprint density at radius 2 is 2.38 bits per heavy atom. The normalized spacial score (nSPS) is 15.7. The fourth-order valence-corrected chi connectivity index (χ4v) is 3.35. The zero-order chi connectivity index (χ0) is 22.7. The van der Waals surface area contributed by atoms with Crippen LogP contribution in [0.25, 0.3) is 16.1 Å². The Balaban J connectivity index is 1.62. The van der Waals surface area contributed by atoms with Gasteiger partial charge in [-0.1, -0.05) is 5.11 Å². The van der Waals surface area contributed by atoms with Crippen LogP contribution in [0.1, 0.15) is 35.8 Å². The molecule has 0 fully saturated rings. The molecular weight excluding hydrogens is 421 g/mol. The molecule has 0 saturated carbocycles. The van der Waals surface area contributed by atoms with Gasteiger partial charge in [0.25, 0.3) is 0 Å². The smallest absolute Gasteiger partial charge is 0.343 e. The average molecular weight is 441 g/mol. The van der Waals surface area contributed by atoms with E-state index in [1.165, 1.54) is 22.8 Å². The van der Waals surface area contributed by atoms with Crippen LogP contribution < -0.4 is 14.8 Å². The fourth-order valence-electron chi connectivity index (χ4n) is 3.35. The maximum absolute atomic E-state index is 14.2. The van der Waals surface area contributed by atoms with Gasteiger partial charge < -0.3 is 19.5 Å². The molecule has 0 bridgehead atoms. The Labute approximate surface area is 181 Å². The molecule has 32 heavy (non-hydrogen) atoms. The number of fused-ring (bicyclic) bond motifs is 2. The zero-order valence-corrected chi connectivity index (χ0v) is 17.4. The van der Waals surface area contributed by atoms with Gasteiger partial charge in [0.1, 0.15) is 29.9 Å². The van der Waals surface area contributed by atoms with Crippen molar-refractivity contribution in [2.24, 2.45) is 5.11 Å². The van der Waals surface area contributed by atoms with Gasteiger partial charge in [-0.25, -0.2) is 18.7 Å². The van der Waals surface area contributed by atoms with Gasteiger partial charge in [-0.3, -0.25) is 0 Å². The van der Waals surface area contributed by atoms with Gasteiger partial charge in [0.15, 0.2) is 17.1 Å². The molecule has 0 radical (unpaired) electrons. The zero-order valence-electron chi connectivity index (χ0n) is 17.4. The molecule has 3 heterocycles. The number of carbonyl (C=O) groups is 1. The predicted octanol–water partition coefficient (Wildman–Crippen LogP) is 3.67. The summed E-state index contributed by atoms with van der Waals surface area (Å²) in [6, 6.07) is 3.83. The molecule has 2 aromatic heterocycles. The summed E-state index contributed by atoms with van der Waals surface area (Å²) >= 11 is 0. The Hall–Kier alpha value is -4.05. The molecule has 0 amide bonds. The van der Waals surface area contributed by atoms with E-state index in [4.69, 9.17) is 19.7 Å². The Morgan fingerprint density at radius 3 is 3.16 bits per heavy atom. The summed E-state index contributed by atoms with van der Waals surface area (Å²) in [7, 11) is 0. The number of nitrogens with zero attached hydrogens (tertiary/aromatic N) is 6. The maximum Gasteiger partial charge on any atom is 0.343 e. The lowest BCUT2D eigenvalue weighted by Crippen LogP contribution is -2.32. The molecule has 3 aromatic rings. The van der Waals surface area contributed by atoms with E-state index in [-0.39, 0.29) is 31.1 Å². The number of halogens is 1. The van der Waals surface area contributed by atoms with Gasteiger partial charge in [0, 0.05) is 22.7 Å². The summed E-state index contributed by atoms with van der Waals surface area (Å²) in [5, 5.41) is 10.8. The Morgan fingerprint density at radius 1 is 1.53 bits per heavy atom. The van der Waals surface area contributed by atoms with Crippen molar-refractivity contribution in [1.29, 1.82) is 0 Å². The third kappa shape index (κ3) is 4.21. The third-order valence-corrected chi connectivity index (χ3v) is 4.80. The molecule has 0 saturated heterocycles. The number of hydrogen-bond acceptors (Lipinski definition) is 8. The highest BCUT2D eigenvalue weighted by atomic mass is 19.1. The lowest BCUT2D eigenvalue weighted by molar-refractivity contribution is 0.0528. The number of carbonyl (C=O) groups excluding carboxylic acids is 1. The standard InChI is InChI=1S/C20H20FN7O4/c1-3-30-20(29)15-9-24-28-5-4-17(26-19(15)28)25-11(2)14-6-12(21)7-16-18(14)32-13(10-31-16)8-23-27-22/h4-7,9,11,13H,3,8,10H2,1-2H3,(H,25,26)/t11-,13-/m1/s1. The van der Waals surface area contributed by atoms with Crippen molar-refractivity contribution in [2.45, 2.75) is 26.0 Å². The molecule has 4 rings (SSSR count). The van der Waals surface area contributed by atoms with Crippen molar-refractivity contribution < 1.29 is 23.4 Å². The number of hydrogen-bond donors (Lipinski definition) is 1. The first-order valence-corrected chi connectivity index (χ1v) is 9.92. The summed E-state index contributed by atoms with van der Waals surface area (Å²) in [6.07, 6.45) is 2.56. The number of nitrogens with one attached hydrogen (secondary N) is 1. The number of rotatable bonds is 7. The van der Waals surface area contributed by atoms with Crippen molar-refractivity contribution >= 4 is 17.4 Å². The van der Waals surface area contributed by atoms with E-state index < -0.39 is 23.9 Å². The van der Waals surface area contributed by atoms with Gasteiger partial charge in [0.05, 0.1) is 25.4 Å². The van der Waals surface area contributed by atoms with E-state index in [1.54, 1.807) is 19.2 Å². The maximum atomic E-state index is 14.2. The van der Waals surface area contributed by atoms with Crippen LogP contribution in [0.2, 0.25) is 0 Å². The van der Waals surface area contributed by atoms with Gasteiger partial charge >= 0.3 is 5.97 Å². The molecule has 1 aliphatic heterocycles. The van der Waals surface area contributed by atoms with Crippen molar-refractivity contribution in [2.75, 3.05) is 25.1 Å². The van der Waals surface area contributed by atoms with Gasteiger partial charge in [0.2, 0.25) is 0 Å². The van der Waals surface area contributed by atoms with Crippen LogP contribution in [-0.2, 0) is 4.74 Å². The molecule has 1 aromatic carbocycles. The van der Waals surface area contributed by atoms with Crippen molar-refractivity contribution in [1.82, 2.24) is 14.6 Å². The summed E-state index contributed by atoms with van der Waals surface area (Å²) < 4.78 is 32.3. The van der Waals surface area contributed by atoms with E-state index in [1.807, 2.05) is 6.92 Å². The van der Waals surface area contributed by atoms with Gasteiger partial charge in [-0.15, -0.1) is 0 Å². The lowest BCUT2D eigenvalue weighted by atomic mass is 10.1. The lowest BCUT2D eigenvalue weighted by Gasteiger charge is -2.29. The summed E-state index contributed by atoms with van der Waals surface area (Å²) in [5.41, 5.74) is 9.61. The average Bonchev–Trinajstić information content (AvgIpc) is 3.20. The molecule has 1 N–H and O–H groups in total. The highest BCUT2D eigenvalue weighted by molar-refractivity contribution is 5.95. The van der Waals surface area contributed by atoms with Crippen LogP contribution in [0.3, 0.4) is 0 Å². The number of ether oxygens (including phenoxy) is 3. The number of azide groups is 1.